The fraction of sp³-hybridized carbons (Fsp3) is 0.667. The van der Waals surface area contributed by atoms with E-state index in [0.717, 1.165) is 31.7 Å². The molecule has 0 aliphatic carbocycles. The molecule has 0 bridgehead atoms. The van der Waals surface area contributed by atoms with Gasteiger partial charge in [-0.05, 0) is 13.8 Å². The number of primary amides is 1. The second-order valence-corrected chi connectivity index (χ2v) is 4.94. The number of hydrogen-bond donors (Lipinski definition) is 2. The molecule has 1 aliphatic rings. The third kappa shape index (κ3) is 2.70. The molecule has 0 saturated carbocycles. The molecular formula is C12H21N5O. The molecule has 0 spiro atoms. The summed E-state index contributed by atoms with van der Waals surface area (Å²) in [5, 5.41) is 7.55. The number of piperazine rings is 1. The Morgan fingerprint density at radius 3 is 2.61 bits per heavy atom. The van der Waals surface area contributed by atoms with Crippen LogP contribution in [-0.2, 0) is 4.79 Å². The SMILES string of the molecule is CC(C)n1cc(C(C(N)=O)N2CCNCC2)cn1. The van der Waals surface area contributed by atoms with Crippen molar-refractivity contribution in [3.63, 3.8) is 0 Å². The first-order chi connectivity index (χ1) is 8.59. The highest BCUT2D eigenvalue weighted by Gasteiger charge is 2.28. The molecule has 2 heterocycles. The van der Waals surface area contributed by atoms with Crippen molar-refractivity contribution in [3.8, 4) is 0 Å². The van der Waals surface area contributed by atoms with Gasteiger partial charge in [0, 0.05) is 44.0 Å². The van der Waals surface area contributed by atoms with Crippen molar-refractivity contribution in [2.45, 2.75) is 25.9 Å². The van der Waals surface area contributed by atoms with Crippen LogP contribution in [-0.4, -0.2) is 46.8 Å². The summed E-state index contributed by atoms with van der Waals surface area (Å²) in [5.74, 6) is -0.305. The van der Waals surface area contributed by atoms with Crippen LogP contribution in [0, 0.1) is 0 Å². The van der Waals surface area contributed by atoms with E-state index < -0.39 is 0 Å². The van der Waals surface area contributed by atoms with Gasteiger partial charge in [0.2, 0.25) is 5.91 Å². The van der Waals surface area contributed by atoms with Crippen molar-refractivity contribution in [1.82, 2.24) is 20.0 Å². The molecular weight excluding hydrogens is 230 g/mol. The Hall–Kier alpha value is -1.40. The molecule has 1 aliphatic heterocycles. The Balaban J connectivity index is 2.20. The second-order valence-electron chi connectivity index (χ2n) is 4.94. The van der Waals surface area contributed by atoms with Crippen LogP contribution in [0.2, 0.25) is 0 Å². The monoisotopic (exact) mass is 251 g/mol. The topological polar surface area (TPSA) is 76.2 Å². The van der Waals surface area contributed by atoms with Gasteiger partial charge in [0.1, 0.15) is 6.04 Å². The average Bonchev–Trinajstić information content (AvgIpc) is 2.79. The standard InChI is InChI=1S/C12H21N5O/c1-9(2)17-8-10(7-15-17)11(12(13)18)16-5-3-14-4-6-16/h7-9,11,14H,3-6H2,1-2H3,(H2,13,18). The minimum atomic E-state index is -0.361. The van der Waals surface area contributed by atoms with Crippen LogP contribution in [0.3, 0.4) is 0 Å². The van der Waals surface area contributed by atoms with Gasteiger partial charge in [-0.15, -0.1) is 0 Å². The highest BCUT2D eigenvalue weighted by atomic mass is 16.1. The number of carbonyl (C=O) groups is 1. The summed E-state index contributed by atoms with van der Waals surface area (Å²) < 4.78 is 1.85. The molecule has 0 aromatic carbocycles. The van der Waals surface area contributed by atoms with Gasteiger partial charge in [0.05, 0.1) is 6.20 Å². The van der Waals surface area contributed by atoms with E-state index in [1.165, 1.54) is 0 Å². The van der Waals surface area contributed by atoms with E-state index in [0.29, 0.717) is 0 Å². The molecule has 6 heteroatoms. The molecule has 0 radical (unpaired) electrons. The molecule has 1 fully saturated rings. The summed E-state index contributed by atoms with van der Waals surface area (Å²) in [6, 6.07) is -0.0742. The first-order valence-electron chi connectivity index (χ1n) is 6.37. The maximum absolute atomic E-state index is 11.7. The second kappa shape index (κ2) is 5.49. The van der Waals surface area contributed by atoms with Gasteiger partial charge in [0.15, 0.2) is 0 Å². The van der Waals surface area contributed by atoms with Gasteiger partial charge in [-0.1, -0.05) is 0 Å². The largest absolute Gasteiger partial charge is 0.368 e. The number of nitrogens with two attached hydrogens (primary N) is 1. The van der Waals surface area contributed by atoms with E-state index in [1.54, 1.807) is 6.20 Å². The van der Waals surface area contributed by atoms with E-state index in [9.17, 15) is 4.79 Å². The van der Waals surface area contributed by atoms with Crippen molar-refractivity contribution in [3.05, 3.63) is 18.0 Å². The molecule has 1 amide bonds. The quantitative estimate of drug-likeness (QED) is 0.783. The molecule has 6 nitrogen and oxygen atoms in total. The molecule has 100 valence electrons. The number of nitrogens with one attached hydrogen (secondary N) is 1. The lowest BCUT2D eigenvalue weighted by Crippen LogP contribution is -2.48. The first-order valence-corrected chi connectivity index (χ1v) is 6.37. The molecule has 1 atom stereocenters. The van der Waals surface area contributed by atoms with Gasteiger partial charge in [-0.25, -0.2) is 0 Å². The van der Waals surface area contributed by atoms with Crippen LogP contribution >= 0.6 is 0 Å². The number of aromatic nitrogens is 2. The summed E-state index contributed by atoms with van der Waals surface area (Å²) in [4.78, 5) is 13.8. The Labute approximate surface area is 107 Å². The highest BCUT2D eigenvalue weighted by molar-refractivity contribution is 5.81. The molecule has 1 unspecified atom stereocenters. The van der Waals surface area contributed by atoms with Crippen molar-refractivity contribution in [2.75, 3.05) is 26.2 Å². The predicted molar refractivity (Wildman–Crippen MR) is 69.0 cm³/mol. The van der Waals surface area contributed by atoms with E-state index in [-0.39, 0.29) is 18.0 Å². The minimum absolute atomic E-state index is 0.287. The normalized spacial score (nSPS) is 19.1. The van der Waals surface area contributed by atoms with Crippen molar-refractivity contribution >= 4 is 5.91 Å². The Kier molecular flexibility index (Phi) is 3.98. The van der Waals surface area contributed by atoms with Crippen molar-refractivity contribution < 1.29 is 4.79 Å². The molecule has 1 aromatic heterocycles. The summed E-state index contributed by atoms with van der Waals surface area (Å²) in [5.41, 5.74) is 6.43. The van der Waals surface area contributed by atoms with Gasteiger partial charge in [-0.3, -0.25) is 14.4 Å². The van der Waals surface area contributed by atoms with E-state index in [2.05, 4.69) is 29.2 Å². The zero-order chi connectivity index (χ0) is 13.1. The summed E-state index contributed by atoms with van der Waals surface area (Å²) in [6.45, 7) is 7.56. The van der Waals surface area contributed by atoms with Crippen LogP contribution in [0.1, 0.15) is 31.5 Å². The zero-order valence-electron chi connectivity index (χ0n) is 11.0. The fourth-order valence-corrected chi connectivity index (χ4v) is 2.27. The Morgan fingerprint density at radius 2 is 2.11 bits per heavy atom. The van der Waals surface area contributed by atoms with Crippen LogP contribution in [0.4, 0.5) is 0 Å². The Morgan fingerprint density at radius 1 is 1.44 bits per heavy atom. The van der Waals surface area contributed by atoms with Crippen LogP contribution in [0.25, 0.3) is 0 Å². The lowest BCUT2D eigenvalue weighted by atomic mass is 10.1. The van der Waals surface area contributed by atoms with Gasteiger partial charge in [-0.2, -0.15) is 5.10 Å². The molecule has 2 rings (SSSR count). The first kappa shape index (κ1) is 13.0. The Bertz CT molecular complexity index is 408. The lowest BCUT2D eigenvalue weighted by Gasteiger charge is -2.32. The number of nitrogens with zero attached hydrogens (tertiary/aromatic N) is 3. The van der Waals surface area contributed by atoms with Crippen molar-refractivity contribution in [2.24, 2.45) is 5.73 Å². The van der Waals surface area contributed by atoms with Crippen LogP contribution in [0.15, 0.2) is 12.4 Å². The fourth-order valence-electron chi connectivity index (χ4n) is 2.27. The number of amides is 1. The third-order valence-electron chi connectivity index (χ3n) is 3.25. The van der Waals surface area contributed by atoms with E-state index in [1.807, 2.05) is 10.9 Å². The molecule has 1 aromatic rings. The van der Waals surface area contributed by atoms with Crippen molar-refractivity contribution in [1.29, 1.82) is 0 Å². The van der Waals surface area contributed by atoms with Crippen LogP contribution < -0.4 is 11.1 Å². The molecule has 3 N–H and O–H groups in total. The maximum atomic E-state index is 11.7. The number of hydrogen-bond acceptors (Lipinski definition) is 4. The van der Waals surface area contributed by atoms with Gasteiger partial charge < -0.3 is 11.1 Å². The summed E-state index contributed by atoms with van der Waals surface area (Å²) in [6.07, 6.45) is 3.67. The zero-order valence-corrected chi connectivity index (χ0v) is 11.0. The average molecular weight is 251 g/mol. The third-order valence-corrected chi connectivity index (χ3v) is 3.25. The number of rotatable bonds is 4. The highest BCUT2D eigenvalue weighted by Crippen LogP contribution is 2.21. The van der Waals surface area contributed by atoms with Crippen LogP contribution in [0.5, 0.6) is 0 Å². The predicted octanol–water partition coefficient (Wildman–Crippen LogP) is -0.104. The smallest absolute Gasteiger partial charge is 0.239 e. The molecule has 18 heavy (non-hydrogen) atoms. The lowest BCUT2D eigenvalue weighted by molar-refractivity contribution is -0.123. The summed E-state index contributed by atoms with van der Waals surface area (Å²) >= 11 is 0. The van der Waals surface area contributed by atoms with E-state index in [4.69, 9.17) is 5.73 Å². The summed E-state index contributed by atoms with van der Waals surface area (Å²) in [7, 11) is 0. The van der Waals surface area contributed by atoms with E-state index >= 15 is 0 Å². The maximum Gasteiger partial charge on any atom is 0.239 e. The number of carbonyl (C=O) groups excluding carboxylic acids is 1. The van der Waals surface area contributed by atoms with Gasteiger partial charge >= 0.3 is 0 Å². The molecule has 1 saturated heterocycles. The van der Waals surface area contributed by atoms with Gasteiger partial charge in [0.25, 0.3) is 0 Å². The minimum Gasteiger partial charge on any atom is -0.368 e.